The van der Waals surface area contributed by atoms with E-state index in [1.807, 2.05) is 36.4 Å². The lowest BCUT2D eigenvalue weighted by Gasteiger charge is -2.21. The van der Waals surface area contributed by atoms with Crippen molar-refractivity contribution in [3.63, 3.8) is 0 Å². The summed E-state index contributed by atoms with van der Waals surface area (Å²) in [5.74, 6) is -0.377. The molecule has 1 aliphatic carbocycles. The van der Waals surface area contributed by atoms with E-state index in [1.54, 1.807) is 6.07 Å². The summed E-state index contributed by atoms with van der Waals surface area (Å²) in [6.07, 6.45) is 2.30. The van der Waals surface area contributed by atoms with Crippen molar-refractivity contribution in [3.8, 4) is 0 Å². The number of hydrogen-bond donors (Lipinski definition) is 2. The van der Waals surface area contributed by atoms with Gasteiger partial charge in [0, 0.05) is 6.54 Å². The summed E-state index contributed by atoms with van der Waals surface area (Å²) in [4.78, 5) is 12.7. The lowest BCUT2D eigenvalue weighted by Crippen LogP contribution is -2.29. The molecule has 1 fully saturated rings. The van der Waals surface area contributed by atoms with E-state index in [4.69, 9.17) is 0 Å². The van der Waals surface area contributed by atoms with Gasteiger partial charge in [0.15, 0.2) is 0 Å². The van der Waals surface area contributed by atoms with Crippen molar-refractivity contribution in [2.45, 2.75) is 31.2 Å². The van der Waals surface area contributed by atoms with Crippen LogP contribution in [0.3, 0.4) is 0 Å². The van der Waals surface area contributed by atoms with Crippen molar-refractivity contribution in [1.82, 2.24) is 5.32 Å². The van der Waals surface area contributed by atoms with Gasteiger partial charge in [-0.1, -0.05) is 36.4 Å². The Hall–Kier alpha value is -2.20. The molecule has 1 aliphatic heterocycles. The Morgan fingerprint density at radius 2 is 1.91 bits per heavy atom. The van der Waals surface area contributed by atoms with Crippen molar-refractivity contribution in [2.24, 2.45) is 0 Å². The van der Waals surface area contributed by atoms with Gasteiger partial charge in [0.25, 0.3) is 0 Å². The van der Waals surface area contributed by atoms with Crippen LogP contribution in [0.1, 0.15) is 29.5 Å². The molecule has 1 heterocycles. The van der Waals surface area contributed by atoms with Crippen LogP contribution in [0.2, 0.25) is 0 Å². The van der Waals surface area contributed by atoms with Gasteiger partial charge in [0.2, 0.25) is 5.91 Å². The van der Waals surface area contributed by atoms with Crippen LogP contribution in [0.25, 0.3) is 0 Å². The van der Waals surface area contributed by atoms with Crippen LogP contribution >= 0.6 is 0 Å². The molecule has 4 heteroatoms. The summed E-state index contributed by atoms with van der Waals surface area (Å²) in [5, 5.41) is 6.06. The predicted octanol–water partition coefficient (Wildman–Crippen LogP) is 3.14. The minimum atomic E-state index is -0.481. The molecule has 118 valence electrons. The third kappa shape index (κ3) is 2.43. The summed E-state index contributed by atoms with van der Waals surface area (Å²) >= 11 is 0. The van der Waals surface area contributed by atoms with Crippen LogP contribution in [0.15, 0.2) is 42.5 Å². The fourth-order valence-electron chi connectivity index (χ4n) is 3.40. The number of fused-ring (bicyclic) bond motifs is 1. The summed E-state index contributed by atoms with van der Waals surface area (Å²) in [6.45, 7) is 1.46. The Balaban J connectivity index is 1.60. The molecule has 1 saturated carbocycles. The van der Waals surface area contributed by atoms with Gasteiger partial charge in [-0.15, -0.1) is 0 Å². The molecule has 2 aliphatic rings. The largest absolute Gasteiger partial charge is 0.323 e. The first kappa shape index (κ1) is 14.4. The quantitative estimate of drug-likeness (QED) is 0.914. The number of anilines is 1. The van der Waals surface area contributed by atoms with Crippen LogP contribution in [0.5, 0.6) is 0 Å². The Morgan fingerprint density at radius 1 is 1.13 bits per heavy atom. The Kier molecular flexibility index (Phi) is 3.42. The molecule has 0 saturated heterocycles. The maximum absolute atomic E-state index is 14.7. The minimum absolute atomic E-state index is 0.100. The highest BCUT2D eigenvalue weighted by molar-refractivity contribution is 6.01. The van der Waals surface area contributed by atoms with Crippen LogP contribution in [0.4, 0.5) is 10.1 Å². The van der Waals surface area contributed by atoms with Gasteiger partial charge in [0.1, 0.15) is 5.82 Å². The summed E-state index contributed by atoms with van der Waals surface area (Å²) < 4.78 is 14.7. The van der Waals surface area contributed by atoms with Crippen molar-refractivity contribution < 1.29 is 9.18 Å². The number of hydrogen-bond acceptors (Lipinski definition) is 2. The number of carbonyl (C=O) groups is 1. The van der Waals surface area contributed by atoms with Gasteiger partial charge in [-0.3, -0.25) is 4.79 Å². The average molecular weight is 310 g/mol. The Bertz CT molecular complexity index is 753. The molecule has 0 spiro atoms. The standard InChI is InChI=1S/C19H19FN2O/c20-17-15-8-11-21-12-13(15)6-7-16(17)22-18(23)19(9-10-19)14-4-2-1-3-5-14/h1-7,21H,8-12H2,(H,22,23). The highest BCUT2D eigenvalue weighted by atomic mass is 19.1. The molecule has 0 bridgehead atoms. The number of nitrogens with one attached hydrogen (secondary N) is 2. The summed E-state index contributed by atoms with van der Waals surface area (Å²) in [5.41, 5.74) is 2.55. The second-order valence-electron chi connectivity index (χ2n) is 6.39. The van der Waals surface area contributed by atoms with Crippen molar-refractivity contribution in [1.29, 1.82) is 0 Å². The molecule has 0 unspecified atom stereocenters. The van der Waals surface area contributed by atoms with Crippen LogP contribution in [0, 0.1) is 5.82 Å². The number of carbonyl (C=O) groups excluding carboxylic acids is 1. The Morgan fingerprint density at radius 3 is 2.65 bits per heavy atom. The zero-order chi connectivity index (χ0) is 15.9. The topological polar surface area (TPSA) is 41.1 Å². The first-order valence-electron chi connectivity index (χ1n) is 8.09. The zero-order valence-electron chi connectivity index (χ0n) is 12.9. The Labute approximate surface area is 134 Å². The SMILES string of the molecule is O=C(Nc1ccc2c(c1F)CCNC2)C1(c2ccccc2)CC1. The van der Waals surface area contributed by atoms with Crippen molar-refractivity contribution >= 4 is 11.6 Å². The van der Waals surface area contributed by atoms with E-state index >= 15 is 0 Å². The highest BCUT2D eigenvalue weighted by Crippen LogP contribution is 2.49. The normalized spacial score (nSPS) is 18.1. The number of rotatable bonds is 3. The fourth-order valence-corrected chi connectivity index (χ4v) is 3.40. The van der Waals surface area contributed by atoms with Crippen molar-refractivity contribution in [3.05, 3.63) is 65.0 Å². The van der Waals surface area contributed by atoms with Gasteiger partial charge in [-0.2, -0.15) is 0 Å². The predicted molar refractivity (Wildman–Crippen MR) is 87.8 cm³/mol. The molecule has 0 aromatic heterocycles. The van der Waals surface area contributed by atoms with E-state index in [-0.39, 0.29) is 11.7 Å². The third-order valence-electron chi connectivity index (χ3n) is 4.97. The molecule has 2 aromatic rings. The molecular formula is C19H19FN2O. The molecular weight excluding hydrogens is 291 g/mol. The molecule has 23 heavy (non-hydrogen) atoms. The molecule has 4 rings (SSSR count). The molecule has 0 radical (unpaired) electrons. The van der Waals surface area contributed by atoms with Gasteiger partial charge in [-0.05, 0) is 48.6 Å². The van der Waals surface area contributed by atoms with Gasteiger partial charge >= 0.3 is 0 Å². The number of halogens is 1. The van der Waals surface area contributed by atoms with Crippen LogP contribution in [-0.2, 0) is 23.2 Å². The fraction of sp³-hybridized carbons (Fsp3) is 0.316. The maximum atomic E-state index is 14.7. The summed E-state index contributed by atoms with van der Waals surface area (Å²) in [7, 11) is 0. The second-order valence-corrected chi connectivity index (χ2v) is 6.39. The second kappa shape index (κ2) is 5.46. The van der Waals surface area contributed by atoms with Gasteiger partial charge < -0.3 is 10.6 Å². The van der Waals surface area contributed by atoms with E-state index in [9.17, 15) is 9.18 Å². The molecule has 0 atom stereocenters. The lowest BCUT2D eigenvalue weighted by atomic mass is 9.94. The van der Waals surface area contributed by atoms with Crippen LogP contribution in [-0.4, -0.2) is 12.5 Å². The first-order chi connectivity index (χ1) is 11.2. The van der Waals surface area contributed by atoms with Crippen molar-refractivity contribution in [2.75, 3.05) is 11.9 Å². The van der Waals surface area contributed by atoms with Gasteiger partial charge in [-0.25, -0.2) is 4.39 Å². The smallest absolute Gasteiger partial charge is 0.235 e. The average Bonchev–Trinajstić information content (AvgIpc) is 3.40. The molecule has 2 aromatic carbocycles. The monoisotopic (exact) mass is 310 g/mol. The summed E-state index contributed by atoms with van der Waals surface area (Å²) in [6, 6.07) is 13.4. The van der Waals surface area contributed by atoms with E-state index in [1.165, 1.54) is 0 Å². The first-order valence-corrected chi connectivity index (χ1v) is 8.09. The van der Waals surface area contributed by atoms with E-state index in [0.29, 0.717) is 18.7 Å². The number of amides is 1. The molecule has 3 nitrogen and oxygen atoms in total. The van der Waals surface area contributed by atoms with E-state index < -0.39 is 5.41 Å². The number of benzene rings is 2. The highest BCUT2D eigenvalue weighted by Gasteiger charge is 2.51. The van der Waals surface area contributed by atoms with E-state index in [0.717, 1.165) is 36.1 Å². The van der Waals surface area contributed by atoms with E-state index in [2.05, 4.69) is 10.6 Å². The maximum Gasteiger partial charge on any atom is 0.235 e. The minimum Gasteiger partial charge on any atom is -0.323 e. The molecule has 1 amide bonds. The van der Waals surface area contributed by atoms with Crippen LogP contribution < -0.4 is 10.6 Å². The molecule has 2 N–H and O–H groups in total. The third-order valence-corrected chi connectivity index (χ3v) is 4.97. The zero-order valence-corrected chi connectivity index (χ0v) is 12.9. The van der Waals surface area contributed by atoms with Gasteiger partial charge in [0.05, 0.1) is 11.1 Å². The lowest BCUT2D eigenvalue weighted by molar-refractivity contribution is -0.118.